The molecule has 0 aliphatic carbocycles. The number of amides is 1. The van der Waals surface area contributed by atoms with Gasteiger partial charge < -0.3 is 10.1 Å². The van der Waals surface area contributed by atoms with E-state index in [0.717, 1.165) is 22.9 Å². The fourth-order valence-electron chi connectivity index (χ4n) is 3.05. The van der Waals surface area contributed by atoms with Gasteiger partial charge in [0, 0.05) is 17.6 Å². The van der Waals surface area contributed by atoms with Gasteiger partial charge in [-0.25, -0.2) is 8.42 Å². The van der Waals surface area contributed by atoms with Gasteiger partial charge in [0.15, 0.2) is 6.61 Å². The SMILES string of the molecule is CC(NC(=O)COc1ccc(S(=O)(=O)N2CCCC2)cc1)c1ccc(Br)cc1. The van der Waals surface area contributed by atoms with Crippen molar-refractivity contribution in [3.05, 3.63) is 58.6 Å². The van der Waals surface area contributed by atoms with E-state index in [1.54, 1.807) is 12.1 Å². The second-order valence-corrected chi connectivity index (χ2v) is 9.57. The average Bonchev–Trinajstić information content (AvgIpc) is 3.23. The molecule has 6 nitrogen and oxygen atoms in total. The maximum atomic E-state index is 12.5. The highest BCUT2D eigenvalue weighted by molar-refractivity contribution is 9.10. The van der Waals surface area contributed by atoms with E-state index in [9.17, 15) is 13.2 Å². The van der Waals surface area contributed by atoms with Crippen LogP contribution < -0.4 is 10.1 Å². The summed E-state index contributed by atoms with van der Waals surface area (Å²) >= 11 is 3.38. The number of carbonyl (C=O) groups is 1. The van der Waals surface area contributed by atoms with Gasteiger partial charge in [0.25, 0.3) is 5.91 Å². The zero-order valence-electron chi connectivity index (χ0n) is 15.6. The number of sulfonamides is 1. The molecule has 2 aromatic carbocycles. The highest BCUT2D eigenvalue weighted by atomic mass is 79.9. The summed E-state index contributed by atoms with van der Waals surface area (Å²) in [7, 11) is -3.44. The zero-order valence-corrected chi connectivity index (χ0v) is 18.0. The lowest BCUT2D eigenvalue weighted by Crippen LogP contribution is -2.31. The molecule has 28 heavy (non-hydrogen) atoms. The Bertz CT molecular complexity index is 908. The second-order valence-electron chi connectivity index (χ2n) is 6.71. The van der Waals surface area contributed by atoms with Crippen LogP contribution in [0.2, 0.25) is 0 Å². The minimum absolute atomic E-state index is 0.140. The quantitative estimate of drug-likeness (QED) is 0.677. The Morgan fingerprint density at radius 1 is 1.11 bits per heavy atom. The first-order chi connectivity index (χ1) is 13.4. The fraction of sp³-hybridized carbons (Fsp3) is 0.350. The Hall–Kier alpha value is -1.90. The number of hydrogen-bond donors (Lipinski definition) is 1. The van der Waals surface area contributed by atoms with Crippen molar-refractivity contribution >= 4 is 31.9 Å². The standard InChI is InChI=1S/C20H23BrN2O4S/c1-15(16-4-6-17(21)7-5-16)22-20(24)14-27-18-8-10-19(11-9-18)28(25,26)23-12-2-3-13-23/h4-11,15H,2-3,12-14H2,1H3,(H,22,24). The molecular weight excluding hydrogens is 444 g/mol. The summed E-state index contributed by atoms with van der Waals surface area (Å²) in [6.07, 6.45) is 1.79. The molecule has 1 aliphatic rings. The third kappa shape index (κ3) is 5.12. The molecule has 1 heterocycles. The molecule has 1 amide bonds. The first-order valence-corrected chi connectivity index (χ1v) is 11.4. The van der Waals surface area contributed by atoms with Crippen molar-refractivity contribution in [2.24, 2.45) is 0 Å². The highest BCUT2D eigenvalue weighted by Crippen LogP contribution is 2.23. The Labute approximate surface area is 174 Å². The van der Waals surface area contributed by atoms with Gasteiger partial charge in [0.2, 0.25) is 10.0 Å². The molecule has 1 saturated heterocycles. The van der Waals surface area contributed by atoms with E-state index in [1.165, 1.54) is 16.4 Å². The molecule has 3 rings (SSSR count). The Kier molecular flexibility index (Phi) is 6.74. The van der Waals surface area contributed by atoms with Gasteiger partial charge >= 0.3 is 0 Å². The summed E-state index contributed by atoms with van der Waals surface area (Å²) in [5, 5.41) is 2.88. The molecule has 150 valence electrons. The summed E-state index contributed by atoms with van der Waals surface area (Å²) in [5.74, 6) is 0.205. The van der Waals surface area contributed by atoms with Gasteiger partial charge in [0.05, 0.1) is 10.9 Å². The third-order valence-corrected chi connectivity index (χ3v) is 7.09. The van der Waals surface area contributed by atoms with Crippen LogP contribution in [0.3, 0.4) is 0 Å². The summed E-state index contributed by atoms with van der Waals surface area (Å²) in [6.45, 7) is 2.90. The number of halogens is 1. The monoisotopic (exact) mass is 466 g/mol. The predicted octanol–water partition coefficient (Wildman–Crippen LogP) is 3.49. The van der Waals surface area contributed by atoms with Gasteiger partial charge in [-0.3, -0.25) is 4.79 Å². The zero-order chi connectivity index (χ0) is 20.1. The Morgan fingerprint density at radius 2 is 1.71 bits per heavy atom. The molecular formula is C20H23BrN2O4S. The van der Waals surface area contributed by atoms with Gasteiger partial charge in [-0.2, -0.15) is 4.31 Å². The van der Waals surface area contributed by atoms with Crippen LogP contribution in [0.4, 0.5) is 0 Å². The number of ether oxygens (including phenoxy) is 1. The summed E-state index contributed by atoms with van der Waals surface area (Å²) in [6, 6.07) is 13.8. The third-order valence-electron chi connectivity index (χ3n) is 4.64. The summed E-state index contributed by atoms with van der Waals surface area (Å²) in [4.78, 5) is 12.4. The molecule has 0 bridgehead atoms. The molecule has 1 aliphatic heterocycles. The Morgan fingerprint density at radius 3 is 2.32 bits per heavy atom. The maximum absolute atomic E-state index is 12.5. The molecule has 8 heteroatoms. The molecule has 0 saturated carbocycles. The van der Waals surface area contributed by atoms with Crippen molar-refractivity contribution < 1.29 is 17.9 Å². The average molecular weight is 467 g/mol. The van der Waals surface area contributed by atoms with Crippen LogP contribution in [0.25, 0.3) is 0 Å². The molecule has 1 atom stereocenters. The van der Waals surface area contributed by atoms with E-state index in [4.69, 9.17) is 4.74 Å². The highest BCUT2D eigenvalue weighted by Gasteiger charge is 2.26. The molecule has 0 radical (unpaired) electrons. The van der Waals surface area contributed by atoms with E-state index >= 15 is 0 Å². The second kappa shape index (κ2) is 9.07. The number of rotatable bonds is 7. The van der Waals surface area contributed by atoms with Crippen molar-refractivity contribution in [2.45, 2.75) is 30.7 Å². The van der Waals surface area contributed by atoms with Gasteiger partial charge in [-0.1, -0.05) is 28.1 Å². The first kappa shape index (κ1) is 20.8. The van der Waals surface area contributed by atoms with Crippen LogP contribution >= 0.6 is 15.9 Å². The molecule has 2 aromatic rings. The minimum atomic E-state index is -3.44. The van der Waals surface area contributed by atoms with E-state index in [-0.39, 0.29) is 23.5 Å². The molecule has 1 unspecified atom stereocenters. The van der Waals surface area contributed by atoms with Crippen LogP contribution in [0, 0.1) is 0 Å². The number of nitrogens with zero attached hydrogens (tertiary/aromatic N) is 1. The van der Waals surface area contributed by atoms with Crippen molar-refractivity contribution in [1.29, 1.82) is 0 Å². The molecule has 1 fully saturated rings. The van der Waals surface area contributed by atoms with E-state index in [2.05, 4.69) is 21.2 Å². The van der Waals surface area contributed by atoms with E-state index in [0.29, 0.717) is 18.8 Å². The first-order valence-electron chi connectivity index (χ1n) is 9.14. The molecule has 0 aromatic heterocycles. The van der Waals surface area contributed by atoms with Crippen LogP contribution in [0.5, 0.6) is 5.75 Å². The largest absolute Gasteiger partial charge is 0.484 e. The van der Waals surface area contributed by atoms with Gasteiger partial charge in [-0.05, 0) is 61.7 Å². The normalized spacial score (nSPS) is 15.9. The molecule has 1 N–H and O–H groups in total. The lowest BCUT2D eigenvalue weighted by atomic mass is 10.1. The van der Waals surface area contributed by atoms with Crippen molar-refractivity contribution in [3.8, 4) is 5.75 Å². The van der Waals surface area contributed by atoms with Crippen molar-refractivity contribution in [1.82, 2.24) is 9.62 Å². The molecule has 0 spiro atoms. The maximum Gasteiger partial charge on any atom is 0.258 e. The van der Waals surface area contributed by atoms with Crippen LogP contribution in [0.15, 0.2) is 57.9 Å². The Balaban J connectivity index is 1.53. The number of nitrogens with one attached hydrogen (secondary N) is 1. The van der Waals surface area contributed by atoms with Crippen molar-refractivity contribution in [3.63, 3.8) is 0 Å². The minimum Gasteiger partial charge on any atom is -0.484 e. The van der Waals surface area contributed by atoms with E-state index < -0.39 is 10.0 Å². The smallest absolute Gasteiger partial charge is 0.258 e. The summed E-state index contributed by atoms with van der Waals surface area (Å²) in [5.41, 5.74) is 0.994. The number of carbonyl (C=O) groups excluding carboxylic acids is 1. The number of benzene rings is 2. The van der Waals surface area contributed by atoms with Crippen LogP contribution in [-0.4, -0.2) is 38.3 Å². The lowest BCUT2D eigenvalue weighted by molar-refractivity contribution is -0.123. The van der Waals surface area contributed by atoms with Gasteiger partial charge in [-0.15, -0.1) is 0 Å². The topological polar surface area (TPSA) is 75.7 Å². The van der Waals surface area contributed by atoms with Crippen LogP contribution in [0.1, 0.15) is 31.4 Å². The number of hydrogen-bond acceptors (Lipinski definition) is 4. The summed E-state index contributed by atoms with van der Waals surface area (Å²) < 4.78 is 33.0. The fourth-order valence-corrected chi connectivity index (χ4v) is 4.83. The van der Waals surface area contributed by atoms with E-state index in [1.807, 2.05) is 31.2 Å². The van der Waals surface area contributed by atoms with Crippen molar-refractivity contribution in [2.75, 3.05) is 19.7 Å². The van der Waals surface area contributed by atoms with Crippen LogP contribution in [-0.2, 0) is 14.8 Å². The lowest BCUT2D eigenvalue weighted by Gasteiger charge is -2.16. The van der Waals surface area contributed by atoms with Gasteiger partial charge in [0.1, 0.15) is 5.75 Å². The predicted molar refractivity (Wildman–Crippen MR) is 111 cm³/mol.